The molecule has 0 unspecified atom stereocenters. The predicted molar refractivity (Wildman–Crippen MR) is 92.2 cm³/mol. The number of hydrogen-bond acceptors (Lipinski definition) is 3. The van der Waals surface area contributed by atoms with Crippen LogP contribution in [0.4, 0.5) is 0 Å². The Hall–Kier alpha value is -2.33. The largest absolute Gasteiger partial charge is 0.497 e. The van der Waals surface area contributed by atoms with E-state index in [9.17, 15) is 5.11 Å². The summed E-state index contributed by atoms with van der Waals surface area (Å²) in [4.78, 5) is 4.53. The van der Waals surface area contributed by atoms with Crippen LogP contribution in [0, 0.1) is 0 Å². The first-order valence-electron chi connectivity index (χ1n) is 7.80. The van der Waals surface area contributed by atoms with Crippen molar-refractivity contribution in [3.8, 4) is 11.4 Å². The lowest BCUT2D eigenvalue weighted by atomic mass is 10.0. The first kappa shape index (κ1) is 15.6. The molecule has 1 N–H and O–H groups in total. The Balaban J connectivity index is 2.08. The van der Waals surface area contributed by atoms with Gasteiger partial charge in [0.15, 0.2) is 0 Å². The van der Waals surface area contributed by atoms with E-state index < -0.39 is 5.60 Å². The Morgan fingerprint density at radius 2 is 1.91 bits per heavy atom. The van der Waals surface area contributed by atoms with Crippen molar-refractivity contribution in [3.05, 3.63) is 54.4 Å². The van der Waals surface area contributed by atoms with E-state index in [2.05, 4.69) is 21.7 Å². The Morgan fingerprint density at radius 1 is 1.17 bits per heavy atom. The number of fused-ring (bicyclic) bond motifs is 1. The quantitative estimate of drug-likeness (QED) is 0.781. The van der Waals surface area contributed by atoms with Gasteiger partial charge in [-0.2, -0.15) is 0 Å². The molecular weight excluding hydrogens is 288 g/mol. The van der Waals surface area contributed by atoms with E-state index in [1.54, 1.807) is 7.11 Å². The van der Waals surface area contributed by atoms with E-state index in [1.807, 2.05) is 50.4 Å². The minimum absolute atomic E-state index is 0.686. The lowest BCUT2D eigenvalue weighted by Crippen LogP contribution is -2.19. The fourth-order valence-corrected chi connectivity index (χ4v) is 2.73. The molecule has 2 heterocycles. The smallest absolute Gasteiger partial charge is 0.144 e. The van der Waals surface area contributed by atoms with Crippen LogP contribution in [0.1, 0.15) is 26.0 Å². The number of aliphatic hydroxyl groups is 1. The Morgan fingerprint density at radius 3 is 2.57 bits per heavy atom. The second-order valence-electron chi connectivity index (χ2n) is 6.40. The van der Waals surface area contributed by atoms with Gasteiger partial charge in [-0.3, -0.25) is 4.57 Å². The van der Waals surface area contributed by atoms with Crippen molar-refractivity contribution in [2.24, 2.45) is 0 Å². The number of pyridine rings is 1. The lowest BCUT2D eigenvalue weighted by molar-refractivity contribution is 0.0710. The molecule has 23 heavy (non-hydrogen) atoms. The molecule has 0 bridgehead atoms. The molecule has 0 spiro atoms. The van der Waals surface area contributed by atoms with Crippen LogP contribution in [0.25, 0.3) is 16.7 Å². The first-order valence-corrected chi connectivity index (χ1v) is 7.80. The first-order chi connectivity index (χ1) is 11.0. The molecule has 0 amide bonds. The summed E-state index contributed by atoms with van der Waals surface area (Å²) in [6.45, 7) is 3.68. The molecule has 3 aromatic rings. The number of aryl methyl sites for hydroxylation is 1. The summed E-state index contributed by atoms with van der Waals surface area (Å²) >= 11 is 0. The molecule has 4 heteroatoms. The van der Waals surface area contributed by atoms with Crippen LogP contribution in [0.3, 0.4) is 0 Å². The lowest BCUT2D eigenvalue weighted by Gasteiger charge is -2.18. The third-order valence-electron chi connectivity index (χ3n) is 3.96. The van der Waals surface area contributed by atoms with Crippen molar-refractivity contribution in [3.63, 3.8) is 0 Å². The van der Waals surface area contributed by atoms with E-state index >= 15 is 0 Å². The van der Waals surface area contributed by atoms with Crippen molar-refractivity contribution in [1.82, 2.24) is 9.55 Å². The molecule has 1 aromatic carbocycles. The summed E-state index contributed by atoms with van der Waals surface area (Å²) in [6.07, 6.45) is 3.29. The maximum absolute atomic E-state index is 10.0. The molecule has 0 aliphatic carbocycles. The molecule has 120 valence electrons. The highest BCUT2D eigenvalue weighted by Crippen LogP contribution is 2.26. The summed E-state index contributed by atoms with van der Waals surface area (Å²) in [5.74, 6) is 0.830. The topological polar surface area (TPSA) is 47.3 Å². The zero-order chi connectivity index (χ0) is 16.4. The average molecular weight is 310 g/mol. The van der Waals surface area contributed by atoms with Gasteiger partial charge >= 0.3 is 0 Å². The van der Waals surface area contributed by atoms with E-state index in [0.717, 1.165) is 34.6 Å². The summed E-state index contributed by atoms with van der Waals surface area (Å²) in [7, 11) is 1.66. The van der Waals surface area contributed by atoms with Gasteiger partial charge in [0.2, 0.25) is 0 Å². The highest BCUT2D eigenvalue weighted by atomic mass is 16.5. The van der Waals surface area contributed by atoms with Crippen molar-refractivity contribution >= 4 is 11.0 Å². The second-order valence-corrected chi connectivity index (χ2v) is 6.40. The normalized spacial score (nSPS) is 11.8. The minimum atomic E-state index is -0.686. The van der Waals surface area contributed by atoms with Gasteiger partial charge in [0.05, 0.1) is 12.7 Å². The van der Waals surface area contributed by atoms with Gasteiger partial charge in [0.1, 0.15) is 11.4 Å². The molecule has 3 rings (SSSR count). The number of hydrogen-bond donors (Lipinski definition) is 1. The predicted octanol–water partition coefficient (Wildman–Crippen LogP) is 3.74. The maximum atomic E-state index is 10.0. The molecular formula is C19H22N2O2. The fraction of sp³-hybridized carbons (Fsp3) is 0.316. The van der Waals surface area contributed by atoms with E-state index in [1.165, 1.54) is 0 Å². The van der Waals surface area contributed by atoms with Crippen LogP contribution in [-0.2, 0) is 6.42 Å². The van der Waals surface area contributed by atoms with Crippen molar-refractivity contribution in [1.29, 1.82) is 0 Å². The molecule has 0 radical (unpaired) electrons. The zero-order valence-corrected chi connectivity index (χ0v) is 13.8. The highest BCUT2D eigenvalue weighted by molar-refractivity contribution is 5.79. The molecule has 0 saturated heterocycles. The second kappa shape index (κ2) is 6.05. The van der Waals surface area contributed by atoms with Gasteiger partial charge in [0, 0.05) is 23.0 Å². The molecule has 0 aliphatic heterocycles. The van der Waals surface area contributed by atoms with E-state index in [4.69, 9.17) is 4.74 Å². The molecule has 4 nitrogen and oxygen atoms in total. The van der Waals surface area contributed by atoms with Gasteiger partial charge in [-0.1, -0.05) is 0 Å². The van der Waals surface area contributed by atoms with Crippen molar-refractivity contribution in [2.75, 3.05) is 7.11 Å². The minimum Gasteiger partial charge on any atom is -0.497 e. The number of rotatable bonds is 5. The van der Waals surface area contributed by atoms with Gasteiger partial charge in [-0.15, -0.1) is 0 Å². The Bertz CT molecular complexity index is 798. The SMILES string of the molecule is COc1ccc(-n2c(CCC(C)(C)O)cc3cccnc32)cc1. The van der Waals surface area contributed by atoms with Crippen LogP contribution in [0.2, 0.25) is 0 Å². The maximum Gasteiger partial charge on any atom is 0.144 e. The summed E-state index contributed by atoms with van der Waals surface area (Å²) in [5, 5.41) is 11.1. The average Bonchev–Trinajstić information content (AvgIpc) is 2.91. The molecule has 2 aromatic heterocycles. The van der Waals surface area contributed by atoms with Crippen molar-refractivity contribution in [2.45, 2.75) is 32.3 Å². The van der Waals surface area contributed by atoms with Crippen LogP contribution in [-0.4, -0.2) is 27.4 Å². The number of ether oxygens (including phenoxy) is 1. The van der Waals surface area contributed by atoms with Gasteiger partial charge in [0.25, 0.3) is 0 Å². The zero-order valence-electron chi connectivity index (χ0n) is 13.8. The van der Waals surface area contributed by atoms with Crippen LogP contribution >= 0.6 is 0 Å². The Labute approximate surface area is 136 Å². The van der Waals surface area contributed by atoms with Gasteiger partial charge < -0.3 is 9.84 Å². The standard InChI is InChI=1S/C19H22N2O2/c1-19(2,22)11-10-16-13-14-5-4-12-20-18(14)21(16)15-6-8-17(23-3)9-7-15/h4-9,12-13,22H,10-11H2,1-3H3. The molecule has 0 aliphatic rings. The number of aromatic nitrogens is 2. The van der Waals surface area contributed by atoms with E-state index in [-0.39, 0.29) is 0 Å². The third kappa shape index (κ3) is 3.37. The van der Waals surface area contributed by atoms with Crippen LogP contribution < -0.4 is 4.74 Å². The van der Waals surface area contributed by atoms with E-state index in [0.29, 0.717) is 6.42 Å². The number of nitrogens with zero attached hydrogens (tertiary/aromatic N) is 2. The molecule has 0 saturated carbocycles. The molecule has 0 fully saturated rings. The van der Waals surface area contributed by atoms with Crippen molar-refractivity contribution < 1.29 is 9.84 Å². The highest BCUT2D eigenvalue weighted by Gasteiger charge is 2.16. The van der Waals surface area contributed by atoms with Gasteiger partial charge in [-0.05, 0) is 69.2 Å². The summed E-state index contributed by atoms with van der Waals surface area (Å²) < 4.78 is 7.39. The van der Waals surface area contributed by atoms with Crippen LogP contribution in [0.5, 0.6) is 5.75 Å². The molecule has 0 atom stereocenters. The fourth-order valence-electron chi connectivity index (χ4n) is 2.73. The monoisotopic (exact) mass is 310 g/mol. The number of methoxy groups -OCH3 is 1. The number of benzene rings is 1. The Kier molecular flexibility index (Phi) is 4.09. The summed E-state index contributed by atoms with van der Waals surface area (Å²) in [5.41, 5.74) is 2.44. The van der Waals surface area contributed by atoms with Gasteiger partial charge in [-0.25, -0.2) is 4.98 Å². The third-order valence-corrected chi connectivity index (χ3v) is 3.96. The summed E-state index contributed by atoms with van der Waals surface area (Å²) in [6, 6.07) is 14.1. The van der Waals surface area contributed by atoms with Crippen LogP contribution in [0.15, 0.2) is 48.7 Å².